The van der Waals surface area contributed by atoms with Gasteiger partial charge in [-0.3, -0.25) is 9.59 Å². The van der Waals surface area contributed by atoms with E-state index in [2.05, 4.69) is 0 Å². The Morgan fingerprint density at radius 2 is 1.43 bits per heavy atom. The van der Waals surface area contributed by atoms with Crippen LogP contribution in [0.1, 0.15) is 46.0 Å². The summed E-state index contributed by atoms with van der Waals surface area (Å²) >= 11 is 0. The monoisotopic (exact) mass is 317 g/mol. The molecule has 1 aliphatic heterocycles. The molecule has 0 aromatic rings. The molecule has 2 N–H and O–H groups in total. The minimum atomic E-state index is -0.650. The number of carbonyl (C=O) groups is 2. The van der Waals surface area contributed by atoms with Crippen molar-refractivity contribution in [1.82, 2.24) is 9.80 Å². The van der Waals surface area contributed by atoms with Crippen LogP contribution in [0.2, 0.25) is 0 Å². The Bertz CT molecular complexity index is 373. The zero-order valence-electron chi connectivity index (χ0n) is 13.1. The van der Waals surface area contributed by atoms with Crippen LogP contribution >= 0.6 is 12.4 Å². The molecule has 0 spiro atoms. The maximum absolute atomic E-state index is 12.6. The van der Waals surface area contributed by atoms with Gasteiger partial charge >= 0.3 is 0 Å². The van der Waals surface area contributed by atoms with Crippen molar-refractivity contribution in [3.63, 3.8) is 0 Å². The second-order valence-electron chi connectivity index (χ2n) is 6.49. The Labute approximate surface area is 133 Å². The normalized spacial score (nSPS) is 21.9. The SMILES string of the molecule is CC(C)C(=O)N1CCN(C(=O)C2(N)CCCCC2)CC1.Cl. The molecule has 6 heteroatoms. The van der Waals surface area contributed by atoms with E-state index in [0.717, 1.165) is 25.7 Å². The predicted molar refractivity (Wildman–Crippen MR) is 85.2 cm³/mol. The first-order chi connectivity index (χ1) is 9.44. The van der Waals surface area contributed by atoms with Crippen LogP contribution in [0.15, 0.2) is 0 Å². The number of nitrogens with zero attached hydrogens (tertiary/aromatic N) is 2. The van der Waals surface area contributed by atoms with Gasteiger partial charge in [-0.05, 0) is 12.8 Å². The largest absolute Gasteiger partial charge is 0.339 e. The lowest BCUT2D eigenvalue weighted by Gasteiger charge is -2.41. The lowest BCUT2D eigenvalue weighted by atomic mass is 9.81. The van der Waals surface area contributed by atoms with Crippen molar-refractivity contribution < 1.29 is 9.59 Å². The molecule has 2 amide bonds. The molecule has 0 atom stereocenters. The van der Waals surface area contributed by atoms with E-state index in [1.807, 2.05) is 23.6 Å². The summed E-state index contributed by atoms with van der Waals surface area (Å²) in [6.45, 7) is 6.34. The third kappa shape index (κ3) is 4.10. The predicted octanol–water partition coefficient (Wildman–Crippen LogP) is 1.40. The lowest BCUT2D eigenvalue weighted by Crippen LogP contribution is -2.60. The molecular formula is C15H28ClN3O2. The lowest BCUT2D eigenvalue weighted by molar-refractivity contribution is -0.145. The van der Waals surface area contributed by atoms with Crippen molar-refractivity contribution in [2.24, 2.45) is 11.7 Å². The van der Waals surface area contributed by atoms with Crippen LogP contribution in [0.4, 0.5) is 0 Å². The molecule has 1 heterocycles. The van der Waals surface area contributed by atoms with Gasteiger partial charge in [0.15, 0.2) is 0 Å². The fourth-order valence-corrected chi connectivity index (χ4v) is 3.21. The minimum Gasteiger partial charge on any atom is -0.339 e. The van der Waals surface area contributed by atoms with E-state index in [1.54, 1.807) is 0 Å². The summed E-state index contributed by atoms with van der Waals surface area (Å²) in [7, 11) is 0. The van der Waals surface area contributed by atoms with Crippen molar-refractivity contribution in [1.29, 1.82) is 0 Å². The summed E-state index contributed by atoms with van der Waals surface area (Å²) in [5.41, 5.74) is 5.65. The molecule has 0 unspecified atom stereocenters. The molecule has 5 nitrogen and oxygen atoms in total. The van der Waals surface area contributed by atoms with E-state index in [1.165, 1.54) is 6.42 Å². The third-order valence-corrected chi connectivity index (χ3v) is 4.54. The number of rotatable bonds is 2. The highest BCUT2D eigenvalue weighted by Gasteiger charge is 2.39. The number of amides is 2. The smallest absolute Gasteiger partial charge is 0.242 e. The quantitative estimate of drug-likeness (QED) is 0.837. The summed E-state index contributed by atoms with van der Waals surface area (Å²) in [6, 6.07) is 0. The average molecular weight is 318 g/mol. The van der Waals surface area contributed by atoms with Crippen LogP contribution in [0.25, 0.3) is 0 Å². The molecule has 2 aliphatic rings. The average Bonchev–Trinajstić information content (AvgIpc) is 2.46. The molecule has 0 bridgehead atoms. The molecule has 2 rings (SSSR count). The van der Waals surface area contributed by atoms with Crippen LogP contribution in [0, 0.1) is 5.92 Å². The van der Waals surface area contributed by atoms with Crippen molar-refractivity contribution in [3.8, 4) is 0 Å². The number of piperazine rings is 1. The number of carbonyl (C=O) groups excluding carboxylic acids is 2. The number of hydrogen-bond acceptors (Lipinski definition) is 3. The molecule has 0 radical (unpaired) electrons. The van der Waals surface area contributed by atoms with E-state index in [4.69, 9.17) is 5.73 Å². The van der Waals surface area contributed by atoms with Crippen molar-refractivity contribution in [3.05, 3.63) is 0 Å². The Morgan fingerprint density at radius 3 is 1.90 bits per heavy atom. The summed E-state index contributed by atoms with van der Waals surface area (Å²) in [5.74, 6) is 0.294. The van der Waals surface area contributed by atoms with Gasteiger partial charge in [-0.25, -0.2) is 0 Å². The highest BCUT2D eigenvalue weighted by molar-refractivity contribution is 5.86. The Kier molecular flexibility index (Phi) is 6.47. The highest BCUT2D eigenvalue weighted by Crippen LogP contribution is 2.28. The van der Waals surface area contributed by atoms with Crippen molar-refractivity contribution in [2.75, 3.05) is 26.2 Å². The molecule has 2 fully saturated rings. The van der Waals surface area contributed by atoms with Crippen LogP contribution in [0.5, 0.6) is 0 Å². The van der Waals surface area contributed by atoms with Crippen LogP contribution in [-0.4, -0.2) is 53.3 Å². The Morgan fingerprint density at radius 1 is 0.952 bits per heavy atom. The van der Waals surface area contributed by atoms with Crippen molar-refractivity contribution in [2.45, 2.75) is 51.5 Å². The van der Waals surface area contributed by atoms with Crippen LogP contribution in [-0.2, 0) is 9.59 Å². The first-order valence-electron chi connectivity index (χ1n) is 7.81. The molecule has 122 valence electrons. The molecule has 21 heavy (non-hydrogen) atoms. The third-order valence-electron chi connectivity index (χ3n) is 4.54. The van der Waals surface area contributed by atoms with Gasteiger partial charge in [0.05, 0.1) is 5.54 Å². The zero-order valence-corrected chi connectivity index (χ0v) is 14.0. The molecular weight excluding hydrogens is 290 g/mol. The van der Waals surface area contributed by atoms with Gasteiger partial charge < -0.3 is 15.5 Å². The van der Waals surface area contributed by atoms with Gasteiger partial charge in [0.25, 0.3) is 0 Å². The first-order valence-corrected chi connectivity index (χ1v) is 7.81. The van der Waals surface area contributed by atoms with Gasteiger partial charge in [-0.15, -0.1) is 12.4 Å². The molecule has 0 aromatic heterocycles. The maximum Gasteiger partial charge on any atom is 0.242 e. The second kappa shape index (κ2) is 7.45. The summed E-state index contributed by atoms with van der Waals surface area (Å²) in [6.07, 6.45) is 4.89. The Balaban J connectivity index is 0.00000220. The van der Waals surface area contributed by atoms with E-state index in [9.17, 15) is 9.59 Å². The fraction of sp³-hybridized carbons (Fsp3) is 0.867. The molecule has 1 saturated heterocycles. The molecule has 0 aromatic carbocycles. The van der Waals surface area contributed by atoms with Crippen LogP contribution < -0.4 is 5.73 Å². The summed E-state index contributed by atoms with van der Waals surface area (Å²) in [4.78, 5) is 28.2. The summed E-state index contributed by atoms with van der Waals surface area (Å²) < 4.78 is 0. The highest BCUT2D eigenvalue weighted by atomic mass is 35.5. The van der Waals surface area contributed by atoms with Gasteiger partial charge in [0, 0.05) is 32.1 Å². The standard InChI is InChI=1S/C15H27N3O2.ClH/c1-12(2)13(19)17-8-10-18(11-9-17)14(20)15(16)6-4-3-5-7-15;/h12H,3-11,16H2,1-2H3;1H. The first kappa shape index (κ1) is 18.2. The van der Waals surface area contributed by atoms with Gasteiger partial charge in [0.1, 0.15) is 0 Å². The number of halogens is 1. The fourth-order valence-electron chi connectivity index (χ4n) is 3.21. The van der Waals surface area contributed by atoms with Crippen LogP contribution in [0.3, 0.4) is 0 Å². The maximum atomic E-state index is 12.6. The number of hydrogen-bond donors (Lipinski definition) is 1. The molecule has 1 saturated carbocycles. The van der Waals surface area contributed by atoms with E-state index >= 15 is 0 Å². The van der Waals surface area contributed by atoms with E-state index in [0.29, 0.717) is 26.2 Å². The van der Waals surface area contributed by atoms with Gasteiger partial charge in [0.2, 0.25) is 11.8 Å². The summed E-state index contributed by atoms with van der Waals surface area (Å²) in [5, 5.41) is 0. The van der Waals surface area contributed by atoms with E-state index in [-0.39, 0.29) is 30.1 Å². The van der Waals surface area contributed by atoms with Gasteiger partial charge in [-0.1, -0.05) is 33.1 Å². The minimum absolute atomic E-state index is 0. The Hall–Kier alpha value is -0.810. The molecule has 1 aliphatic carbocycles. The van der Waals surface area contributed by atoms with E-state index < -0.39 is 5.54 Å². The zero-order chi connectivity index (χ0) is 14.8. The van der Waals surface area contributed by atoms with Crippen molar-refractivity contribution >= 4 is 24.2 Å². The second-order valence-corrected chi connectivity index (χ2v) is 6.49. The number of nitrogens with two attached hydrogens (primary N) is 1. The van der Waals surface area contributed by atoms with Gasteiger partial charge in [-0.2, -0.15) is 0 Å². The topological polar surface area (TPSA) is 66.6 Å².